The molecule has 0 saturated carbocycles. The van der Waals surface area contributed by atoms with E-state index in [-0.39, 0.29) is 11.9 Å². The Kier molecular flexibility index (Phi) is 3.92. The van der Waals surface area contributed by atoms with E-state index < -0.39 is 0 Å². The average molecular weight is 305 g/mol. The van der Waals surface area contributed by atoms with Crippen LogP contribution in [0.1, 0.15) is 29.0 Å². The summed E-state index contributed by atoms with van der Waals surface area (Å²) in [4.78, 5) is 18.8. The molecule has 7 heteroatoms. The summed E-state index contributed by atoms with van der Waals surface area (Å²) >= 11 is 1.64. The molecule has 2 aromatic heterocycles. The first kappa shape index (κ1) is 14.1. The molecule has 21 heavy (non-hydrogen) atoms. The van der Waals surface area contributed by atoms with Crippen molar-refractivity contribution >= 4 is 22.4 Å². The zero-order valence-corrected chi connectivity index (χ0v) is 13.1. The van der Waals surface area contributed by atoms with Gasteiger partial charge in [-0.3, -0.25) is 9.48 Å². The second-order valence-corrected chi connectivity index (χ2v) is 6.24. The van der Waals surface area contributed by atoms with Crippen LogP contribution >= 0.6 is 11.3 Å². The van der Waals surface area contributed by atoms with E-state index >= 15 is 0 Å². The van der Waals surface area contributed by atoms with Crippen LogP contribution in [0.5, 0.6) is 0 Å². The van der Waals surface area contributed by atoms with E-state index in [1.165, 1.54) is 0 Å². The smallest absolute Gasteiger partial charge is 0.272 e. The van der Waals surface area contributed by atoms with Crippen molar-refractivity contribution in [3.05, 3.63) is 29.0 Å². The Morgan fingerprint density at radius 2 is 2.38 bits per heavy atom. The Hall–Kier alpha value is -1.89. The minimum atomic E-state index is -0.0929. The fourth-order valence-corrected chi connectivity index (χ4v) is 3.25. The number of nitrogens with zero attached hydrogens (tertiary/aromatic N) is 4. The maximum absolute atomic E-state index is 12.3. The summed E-state index contributed by atoms with van der Waals surface area (Å²) in [6.07, 6.45) is 3.88. The van der Waals surface area contributed by atoms with Gasteiger partial charge in [0, 0.05) is 43.4 Å². The van der Waals surface area contributed by atoms with Crippen molar-refractivity contribution in [2.75, 3.05) is 18.0 Å². The molecule has 1 N–H and O–H groups in total. The van der Waals surface area contributed by atoms with Crippen molar-refractivity contribution in [2.24, 2.45) is 7.05 Å². The number of piperidine rings is 1. The average Bonchev–Trinajstić information content (AvgIpc) is 3.10. The molecule has 0 aliphatic carbocycles. The predicted octanol–water partition coefficient (Wildman–Crippen LogP) is 1.58. The number of aromatic nitrogens is 3. The first-order chi connectivity index (χ1) is 10.1. The molecule has 1 amide bonds. The van der Waals surface area contributed by atoms with Gasteiger partial charge in [-0.1, -0.05) is 0 Å². The molecule has 0 aromatic carbocycles. The number of rotatable bonds is 3. The van der Waals surface area contributed by atoms with Gasteiger partial charge < -0.3 is 10.2 Å². The minimum absolute atomic E-state index is 0.0929. The van der Waals surface area contributed by atoms with E-state index in [2.05, 4.69) is 20.3 Å². The summed E-state index contributed by atoms with van der Waals surface area (Å²) in [5, 5.41) is 10.3. The lowest BCUT2D eigenvalue weighted by Gasteiger charge is -2.32. The molecule has 1 aliphatic rings. The monoisotopic (exact) mass is 305 g/mol. The van der Waals surface area contributed by atoms with Gasteiger partial charge in [0.1, 0.15) is 5.69 Å². The quantitative estimate of drug-likeness (QED) is 0.935. The molecule has 1 atom stereocenters. The number of carbonyl (C=O) groups excluding carboxylic acids is 1. The number of thiazole rings is 1. The third-order valence-electron chi connectivity index (χ3n) is 3.79. The zero-order valence-electron chi connectivity index (χ0n) is 12.2. The number of hydrogen-bond acceptors (Lipinski definition) is 5. The SMILES string of the molecule is Cc1cc(C(=O)NC2CCCN(c3nccs3)C2)nn1C. The van der Waals surface area contributed by atoms with Gasteiger partial charge in [-0.2, -0.15) is 5.10 Å². The number of amides is 1. The highest BCUT2D eigenvalue weighted by Gasteiger charge is 2.24. The van der Waals surface area contributed by atoms with Gasteiger partial charge in [-0.05, 0) is 25.8 Å². The molecule has 2 aromatic rings. The summed E-state index contributed by atoms with van der Waals surface area (Å²) in [7, 11) is 1.84. The molecule has 0 spiro atoms. The standard InChI is InChI=1S/C14H19N5OS/c1-10-8-12(17-18(10)2)13(20)16-11-4-3-6-19(9-11)14-15-5-7-21-14/h5,7-8,11H,3-4,6,9H2,1-2H3,(H,16,20). The largest absolute Gasteiger partial charge is 0.346 e. The van der Waals surface area contributed by atoms with Crippen molar-refractivity contribution in [2.45, 2.75) is 25.8 Å². The molecule has 3 rings (SSSR count). The lowest BCUT2D eigenvalue weighted by molar-refractivity contribution is 0.0927. The van der Waals surface area contributed by atoms with Crippen LogP contribution in [0.25, 0.3) is 0 Å². The van der Waals surface area contributed by atoms with Gasteiger partial charge in [0.15, 0.2) is 5.13 Å². The maximum Gasteiger partial charge on any atom is 0.272 e. The molecule has 3 heterocycles. The number of anilines is 1. The fourth-order valence-electron chi connectivity index (χ4n) is 2.57. The highest BCUT2D eigenvalue weighted by atomic mass is 32.1. The second kappa shape index (κ2) is 5.85. The Morgan fingerprint density at radius 3 is 3.05 bits per heavy atom. The normalized spacial score (nSPS) is 18.8. The molecule has 6 nitrogen and oxygen atoms in total. The van der Waals surface area contributed by atoms with E-state index in [1.807, 2.05) is 31.6 Å². The predicted molar refractivity (Wildman–Crippen MR) is 82.8 cm³/mol. The van der Waals surface area contributed by atoms with Crippen LogP contribution in [0.2, 0.25) is 0 Å². The second-order valence-electron chi connectivity index (χ2n) is 5.37. The van der Waals surface area contributed by atoms with E-state index in [0.29, 0.717) is 5.69 Å². The summed E-state index contributed by atoms with van der Waals surface area (Å²) in [5.41, 5.74) is 1.47. The van der Waals surface area contributed by atoms with E-state index in [9.17, 15) is 4.79 Å². The first-order valence-electron chi connectivity index (χ1n) is 7.09. The fraction of sp³-hybridized carbons (Fsp3) is 0.500. The molecule has 112 valence electrons. The number of carbonyl (C=O) groups is 1. The molecule has 1 fully saturated rings. The van der Waals surface area contributed by atoms with Crippen LogP contribution in [0, 0.1) is 6.92 Å². The van der Waals surface area contributed by atoms with Gasteiger partial charge >= 0.3 is 0 Å². The van der Waals surface area contributed by atoms with Gasteiger partial charge in [-0.15, -0.1) is 11.3 Å². The van der Waals surface area contributed by atoms with Crippen molar-refractivity contribution in [3.8, 4) is 0 Å². The molecule has 1 unspecified atom stereocenters. The molecule has 1 saturated heterocycles. The van der Waals surface area contributed by atoms with Crippen molar-refractivity contribution in [1.82, 2.24) is 20.1 Å². The van der Waals surface area contributed by atoms with Crippen LogP contribution in [0.3, 0.4) is 0 Å². The Labute approximate surface area is 127 Å². The Balaban J connectivity index is 1.63. The Bertz CT molecular complexity index is 602. The molecule has 0 bridgehead atoms. The van der Waals surface area contributed by atoms with E-state index in [1.54, 1.807) is 16.0 Å². The topological polar surface area (TPSA) is 63.1 Å². The molecule has 0 radical (unpaired) electrons. The minimum Gasteiger partial charge on any atom is -0.346 e. The van der Waals surface area contributed by atoms with Crippen LogP contribution in [0.15, 0.2) is 17.6 Å². The number of hydrogen-bond donors (Lipinski definition) is 1. The number of nitrogens with one attached hydrogen (secondary N) is 1. The van der Waals surface area contributed by atoms with Crippen LogP contribution < -0.4 is 10.2 Å². The van der Waals surface area contributed by atoms with Crippen LogP contribution in [-0.4, -0.2) is 39.8 Å². The zero-order chi connectivity index (χ0) is 14.8. The van der Waals surface area contributed by atoms with Gasteiger partial charge in [0.2, 0.25) is 0 Å². The molecule has 1 aliphatic heterocycles. The highest BCUT2D eigenvalue weighted by molar-refractivity contribution is 7.13. The summed E-state index contributed by atoms with van der Waals surface area (Å²) in [6.45, 7) is 3.75. The van der Waals surface area contributed by atoms with E-state index in [0.717, 1.165) is 36.8 Å². The number of aryl methyl sites for hydroxylation is 2. The molecular formula is C14H19N5OS. The Morgan fingerprint density at radius 1 is 1.52 bits per heavy atom. The first-order valence-corrected chi connectivity index (χ1v) is 7.97. The molecular weight excluding hydrogens is 286 g/mol. The van der Waals surface area contributed by atoms with Crippen molar-refractivity contribution in [3.63, 3.8) is 0 Å². The lowest BCUT2D eigenvalue weighted by atomic mass is 10.1. The van der Waals surface area contributed by atoms with Crippen molar-refractivity contribution in [1.29, 1.82) is 0 Å². The maximum atomic E-state index is 12.3. The lowest BCUT2D eigenvalue weighted by Crippen LogP contribution is -2.47. The van der Waals surface area contributed by atoms with Crippen molar-refractivity contribution < 1.29 is 4.79 Å². The summed E-state index contributed by atoms with van der Waals surface area (Å²) < 4.78 is 1.72. The summed E-state index contributed by atoms with van der Waals surface area (Å²) in [5.74, 6) is -0.0929. The third-order valence-corrected chi connectivity index (χ3v) is 4.63. The van der Waals surface area contributed by atoms with Gasteiger partial charge in [-0.25, -0.2) is 4.98 Å². The van der Waals surface area contributed by atoms with Gasteiger partial charge in [0.25, 0.3) is 5.91 Å². The van der Waals surface area contributed by atoms with Crippen LogP contribution in [0.4, 0.5) is 5.13 Å². The third kappa shape index (κ3) is 3.07. The van der Waals surface area contributed by atoms with Gasteiger partial charge in [0.05, 0.1) is 0 Å². The summed E-state index contributed by atoms with van der Waals surface area (Å²) in [6, 6.07) is 1.97. The van der Waals surface area contributed by atoms with E-state index in [4.69, 9.17) is 0 Å². The van der Waals surface area contributed by atoms with Crippen LogP contribution in [-0.2, 0) is 7.05 Å². The highest BCUT2D eigenvalue weighted by Crippen LogP contribution is 2.22.